The van der Waals surface area contributed by atoms with Gasteiger partial charge in [-0.3, -0.25) is 0 Å². The van der Waals surface area contributed by atoms with Crippen LogP contribution in [0.2, 0.25) is 0 Å². The van der Waals surface area contributed by atoms with Gasteiger partial charge in [-0.1, -0.05) is 33.6 Å². The zero-order valence-electron chi connectivity index (χ0n) is 11.0. The summed E-state index contributed by atoms with van der Waals surface area (Å²) < 4.78 is 0. The third-order valence-corrected chi connectivity index (χ3v) is 2.93. The van der Waals surface area contributed by atoms with Crippen LogP contribution in [0.3, 0.4) is 0 Å². The highest BCUT2D eigenvalue weighted by atomic mass is 16.2. The minimum Gasteiger partial charge on any atom is -0.396 e. The molecule has 0 fully saturated rings. The molecule has 0 heterocycles. The van der Waals surface area contributed by atoms with Crippen molar-refractivity contribution in [3.8, 4) is 0 Å². The Morgan fingerprint density at radius 3 is 2.47 bits per heavy atom. The number of nitrogens with one attached hydrogen (secondary N) is 1. The van der Waals surface area contributed by atoms with E-state index in [0.29, 0.717) is 18.1 Å². The van der Waals surface area contributed by atoms with Crippen molar-refractivity contribution in [1.82, 2.24) is 5.32 Å². The van der Waals surface area contributed by atoms with Crippen molar-refractivity contribution in [3.05, 3.63) is 0 Å². The number of aliphatic hydroxyl groups excluding tert-OH is 1. The third-order valence-electron chi connectivity index (χ3n) is 2.93. The molecule has 92 valence electrons. The van der Waals surface area contributed by atoms with Crippen LogP contribution in [0, 0.1) is 5.41 Å². The van der Waals surface area contributed by atoms with Crippen molar-refractivity contribution in [1.29, 1.82) is 0 Å². The van der Waals surface area contributed by atoms with Gasteiger partial charge in [-0.15, -0.1) is 0 Å². The molecule has 0 bridgehead atoms. The van der Waals surface area contributed by atoms with Crippen LogP contribution in [0.1, 0.15) is 59.8 Å². The van der Waals surface area contributed by atoms with Gasteiger partial charge in [-0.25, -0.2) is 0 Å². The Hall–Kier alpha value is -0.0800. The second-order valence-corrected chi connectivity index (χ2v) is 5.42. The zero-order valence-corrected chi connectivity index (χ0v) is 11.0. The van der Waals surface area contributed by atoms with E-state index in [-0.39, 0.29) is 0 Å². The molecule has 0 aliphatic rings. The Balaban J connectivity index is 3.62. The van der Waals surface area contributed by atoms with Crippen LogP contribution in [0.25, 0.3) is 0 Å². The quantitative estimate of drug-likeness (QED) is 0.620. The van der Waals surface area contributed by atoms with Crippen LogP contribution in [0.4, 0.5) is 0 Å². The van der Waals surface area contributed by atoms with Crippen molar-refractivity contribution >= 4 is 0 Å². The fourth-order valence-electron chi connectivity index (χ4n) is 1.71. The lowest BCUT2D eigenvalue weighted by Crippen LogP contribution is -2.35. The van der Waals surface area contributed by atoms with Gasteiger partial charge in [-0.2, -0.15) is 0 Å². The molecule has 0 aliphatic heterocycles. The lowest BCUT2D eigenvalue weighted by Gasteiger charge is -2.27. The number of unbranched alkanes of at least 4 members (excludes halogenated alkanes) is 1. The first kappa shape index (κ1) is 14.9. The highest BCUT2D eigenvalue weighted by molar-refractivity contribution is 4.73. The molecule has 0 radical (unpaired) electrons. The Kier molecular flexibility index (Phi) is 8.07. The van der Waals surface area contributed by atoms with Gasteiger partial charge in [-0.05, 0) is 31.6 Å². The average Bonchev–Trinajstić information content (AvgIpc) is 2.21. The minimum atomic E-state index is 0.309. The third kappa shape index (κ3) is 8.88. The Bertz CT molecular complexity index is 145. The van der Waals surface area contributed by atoms with Crippen molar-refractivity contribution in [2.75, 3.05) is 13.2 Å². The Morgan fingerprint density at radius 1 is 1.27 bits per heavy atom. The molecule has 2 N–H and O–H groups in total. The van der Waals surface area contributed by atoms with E-state index in [9.17, 15) is 0 Å². The number of hydrogen-bond donors (Lipinski definition) is 2. The Labute approximate surface area is 95.5 Å². The maximum atomic E-state index is 8.80. The molecule has 0 saturated carbocycles. The summed E-state index contributed by atoms with van der Waals surface area (Å²) in [5.74, 6) is 0. The number of hydrogen-bond acceptors (Lipinski definition) is 2. The molecule has 1 atom stereocenters. The van der Waals surface area contributed by atoms with E-state index in [1.165, 1.54) is 19.3 Å². The van der Waals surface area contributed by atoms with Crippen molar-refractivity contribution in [2.45, 2.75) is 65.8 Å². The fourth-order valence-corrected chi connectivity index (χ4v) is 1.71. The monoisotopic (exact) mass is 215 g/mol. The summed E-state index contributed by atoms with van der Waals surface area (Å²) in [6, 6.07) is 0.623. The smallest absolute Gasteiger partial charge is 0.0431 e. The van der Waals surface area contributed by atoms with Crippen molar-refractivity contribution in [2.24, 2.45) is 5.41 Å². The molecule has 2 nitrogen and oxygen atoms in total. The normalized spacial score (nSPS) is 14.2. The highest BCUT2D eigenvalue weighted by Gasteiger charge is 2.17. The van der Waals surface area contributed by atoms with E-state index in [2.05, 4.69) is 33.0 Å². The fraction of sp³-hybridized carbons (Fsp3) is 1.00. The molecule has 0 aromatic rings. The van der Waals surface area contributed by atoms with Gasteiger partial charge in [0.25, 0.3) is 0 Å². The van der Waals surface area contributed by atoms with E-state index in [0.717, 1.165) is 19.4 Å². The van der Waals surface area contributed by atoms with E-state index < -0.39 is 0 Å². The number of rotatable bonds is 9. The second kappa shape index (κ2) is 8.12. The van der Waals surface area contributed by atoms with Crippen LogP contribution < -0.4 is 5.32 Å². The van der Waals surface area contributed by atoms with Crippen LogP contribution in [0.15, 0.2) is 0 Å². The first-order valence-electron chi connectivity index (χ1n) is 6.36. The van der Waals surface area contributed by atoms with E-state index in [1.807, 2.05) is 0 Å². The topological polar surface area (TPSA) is 32.3 Å². The van der Waals surface area contributed by atoms with Gasteiger partial charge in [0.05, 0.1) is 0 Å². The van der Waals surface area contributed by atoms with E-state index >= 15 is 0 Å². The van der Waals surface area contributed by atoms with Crippen LogP contribution in [0.5, 0.6) is 0 Å². The largest absolute Gasteiger partial charge is 0.396 e. The van der Waals surface area contributed by atoms with E-state index in [1.54, 1.807) is 0 Å². The summed E-state index contributed by atoms with van der Waals surface area (Å²) in [4.78, 5) is 0. The molecule has 15 heavy (non-hydrogen) atoms. The maximum absolute atomic E-state index is 8.80. The highest BCUT2D eigenvalue weighted by Crippen LogP contribution is 2.21. The summed E-state index contributed by atoms with van der Waals surface area (Å²) in [6.07, 6.45) is 5.87. The summed E-state index contributed by atoms with van der Waals surface area (Å²) >= 11 is 0. The molecular formula is C13H29NO. The van der Waals surface area contributed by atoms with Crippen LogP contribution in [-0.2, 0) is 0 Å². The molecule has 0 saturated heterocycles. The molecule has 0 amide bonds. The first-order valence-corrected chi connectivity index (χ1v) is 6.36. The SMILES string of the molecule is CCCCC(C)NCC(C)(C)CCCO. The molecule has 2 heteroatoms. The second-order valence-electron chi connectivity index (χ2n) is 5.42. The predicted octanol–water partition coefficient (Wildman–Crippen LogP) is 2.95. The lowest BCUT2D eigenvalue weighted by atomic mass is 9.87. The van der Waals surface area contributed by atoms with Gasteiger partial charge in [0, 0.05) is 19.2 Å². The number of aliphatic hydroxyl groups is 1. The predicted molar refractivity (Wildman–Crippen MR) is 67.1 cm³/mol. The van der Waals surface area contributed by atoms with Gasteiger partial charge in [0.2, 0.25) is 0 Å². The molecule has 0 aromatic carbocycles. The zero-order chi connectivity index (χ0) is 11.7. The van der Waals surface area contributed by atoms with E-state index in [4.69, 9.17) is 5.11 Å². The van der Waals surface area contributed by atoms with Crippen LogP contribution >= 0.6 is 0 Å². The van der Waals surface area contributed by atoms with Gasteiger partial charge in [0.15, 0.2) is 0 Å². The summed E-state index contributed by atoms with van der Waals surface area (Å²) in [5.41, 5.74) is 0.309. The molecule has 0 aromatic heterocycles. The van der Waals surface area contributed by atoms with Crippen LogP contribution in [-0.4, -0.2) is 24.3 Å². The van der Waals surface area contributed by atoms with Gasteiger partial charge >= 0.3 is 0 Å². The average molecular weight is 215 g/mol. The van der Waals surface area contributed by atoms with Crippen molar-refractivity contribution in [3.63, 3.8) is 0 Å². The maximum Gasteiger partial charge on any atom is 0.0431 e. The molecule has 0 rings (SSSR count). The van der Waals surface area contributed by atoms with Crippen molar-refractivity contribution < 1.29 is 5.11 Å². The van der Waals surface area contributed by atoms with Gasteiger partial charge < -0.3 is 10.4 Å². The van der Waals surface area contributed by atoms with Gasteiger partial charge in [0.1, 0.15) is 0 Å². The Morgan fingerprint density at radius 2 is 1.93 bits per heavy atom. The molecule has 1 unspecified atom stereocenters. The molecular weight excluding hydrogens is 186 g/mol. The minimum absolute atomic E-state index is 0.309. The molecule has 0 spiro atoms. The summed E-state index contributed by atoms with van der Waals surface area (Å²) in [7, 11) is 0. The standard InChI is InChI=1S/C13H29NO/c1-5-6-8-12(2)14-11-13(3,4)9-7-10-15/h12,14-15H,5-11H2,1-4H3. The first-order chi connectivity index (χ1) is 7.02. The molecule has 0 aliphatic carbocycles. The summed E-state index contributed by atoms with van der Waals surface area (Å²) in [6.45, 7) is 10.4. The summed E-state index contributed by atoms with van der Waals surface area (Å²) in [5, 5.41) is 12.4. The lowest BCUT2D eigenvalue weighted by molar-refractivity contribution is 0.231.